The van der Waals surface area contributed by atoms with Crippen LogP contribution in [0.1, 0.15) is 36.5 Å². The Morgan fingerprint density at radius 3 is 2.29 bits per heavy atom. The maximum Gasteiger partial charge on any atom is 0.0837 e. The molecule has 0 saturated carbocycles. The molecule has 1 heterocycles. The molecule has 0 nitrogen and oxygen atoms in total. The Hall–Kier alpha value is 0.01000. The third-order valence-corrected chi connectivity index (χ3v) is 6.10. The van der Waals surface area contributed by atoms with Gasteiger partial charge >= 0.3 is 0 Å². The molecule has 3 heteroatoms. The van der Waals surface area contributed by atoms with E-state index in [0.717, 1.165) is 5.75 Å². The molecular formula is C14H18S3. The summed E-state index contributed by atoms with van der Waals surface area (Å²) in [5, 5.41) is 2.24. The normalized spacial score (nSPS) is 20.5. The van der Waals surface area contributed by atoms with E-state index >= 15 is 0 Å². The van der Waals surface area contributed by atoms with Gasteiger partial charge in [0, 0.05) is 10.7 Å². The van der Waals surface area contributed by atoms with Gasteiger partial charge in [-0.25, -0.2) is 0 Å². The van der Waals surface area contributed by atoms with Gasteiger partial charge in [0.2, 0.25) is 0 Å². The SMILES string of the molecule is CC(C)(C)c1ccc(C2SC=C(CS)S2)cc1. The zero-order chi connectivity index (χ0) is 12.5. The lowest BCUT2D eigenvalue weighted by Gasteiger charge is -2.20. The molecule has 0 aliphatic carbocycles. The molecule has 0 spiro atoms. The molecule has 0 saturated heterocycles. The van der Waals surface area contributed by atoms with E-state index in [4.69, 9.17) is 0 Å². The molecule has 0 fully saturated rings. The maximum absolute atomic E-state index is 4.32. The summed E-state index contributed by atoms with van der Waals surface area (Å²) in [6, 6.07) is 9.05. The molecule has 0 N–H and O–H groups in total. The van der Waals surface area contributed by atoms with Crippen molar-refractivity contribution in [3.63, 3.8) is 0 Å². The van der Waals surface area contributed by atoms with Crippen molar-refractivity contribution in [3.8, 4) is 0 Å². The molecule has 17 heavy (non-hydrogen) atoms. The third kappa shape index (κ3) is 3.27. The maximum atomic E-state index is 4.32. The van der Waals surface area contributed by atoms with E-state index in [1.807, 2.05) is 23.5 Å². The van der Waals surface area contributed by atoms with E-state index in [2.05, 4.69) is 63.1 Å². The third-order valence-electron chi connectivity index (χ3n) is 2.79. The van der Waals surface area contributed by atoms with Crippen molar-refractivity contribution in [1.29, 1.82) is 0 Å². The van der Waals surface area contributed by atoms with Crippen LogP contribution in [0.15, 0.2) is 34.6 Å². The zero-order valence-corrected chi connectivity index (χ0v) is 13.0. The van der Waals surface area contributed by atoms with Crippen molar-refractivity contribution < 1.29 is 0 Å². The summed E-state index contributed by atoms with van der Waals surface area (Å²) in [5.74, 6) is 0.855. The van der Waals surface area contributed by atoms with Gasteiger partial charge in [-0.1, -0.05) is 45.0 Å². The van der Waals surface area contributed by atoms with E-state index in [-0.39, 0.29) is 5.41 Å². The fraction of sp³-hybridized carbons (Fsp3) is 0.429. The van der Waals surface area contributed by atoms with Gasteiger partial charge in [0.1, 0.15) is 0 Å². The fourth-order valence-electron chi connectivity index (χ4n) is 1.69. The van der Waals surface area contributed by atoms with Gasteiger partial charge in [0.25, 0.3) is 0 Å². The van der Waals surface area contributed by atoms with E-state index in [1.54, 1.807) is 0 Å². The highest BCUT2D eigenvalue weighted by molar-refractivity contribution is 8.22. The van der Waals surface area contributed by atoms with E-state index in [1.165, 1.54) is 16.0 Å². The topological polar surface area (TPSA) is 0 Å². The minimum atomic E-state index is 0.239. The first-order valence-corrected chi connectivity index (χ1v) is 8.18. The largest absolute Gasteiger partial charge is 0.174 e. The first-order valence-electron chi connectivity index (χ1n) is 5.73. The molecular weight excluding hydrogens is 264 g/mol. The highest BCUT2D eigenvalue weighted by atomic mass is 32.2. The second kappa shape index (κ2) is 5.33. The van der Waals surface area contributed by atoms with Crippen LogP contribution < -0.4 is 0 Å². The highest BCUT2D eigenvalue weighted by Gasteiger charge is 2.20. The average molecular weight is 282 g/mol. The number of hydrogen-bond acceptors (Lipinski definition) is 3. The summed E-state index contributed by atoms with van der Waals surface area (Å²) in [5.41, 5.74) is 3.04. The molecule has 0 bridgehead atoms. The number of benzene rings is 1. The van der Waals surface area contributed by atoms with Crippen LogP contribution in [0.5, 0.6) is 0 Å². The van der Waals surface area contributed by atoms with Crippen LogP contribution >= 0.6 is 36.2 Å². The quantitative estimate of drug-likeness (QED) is 0.737. The Kier molecular flexibility index (Phi) is 4.22. The predicted molar refractivity (Wildman–Crippen MR) is 85.0 cm³/mol. The zero-order valence-electron chi connectivity index (χ0n) is 10.4. The van der Waals surface area contributed by atoms with Crippen LogP contribution in [0.4, 0.5) is 0 Å². The van der Waals surface area contributed by atoms with Crippen LogP contribution in [-0.2, 0) is 5.41 Å². The summed E-state index contributed by atoms with van der Waals surface area (Å²) in [4.78, 5) is 1.38. The lowest BCUT2D eigenvalue weighted by Crippen LogP contribution is -2.10. The first kappa shape index (κ1) is 13.4. The standard InChI is InChI=1S/C14H18S3/c1-14(2,3)11-6-4-10(5-7-11)13-16-9-12(8-15)17-13/h4-7,9,13,15H,8H2,1-3H3. The number of rotatable bonds is 2. The smallest absolute Gasteiger partial charge is 0.0837 e. The minimum Gasteiger partial charge on any atom is -0.174 e. The van der Waals surface area contributed by atoms with Crippen molar-refractivity contribution in [3.05, 3.63) is 45.7 Å². The Labute approximate surface area is 118 Å². The first-order chi connectivity index (χ1) is 8.00. The molecule has 0 aromatic heterocycles. The summed E-state index contributed by atoms with van der Waals surface area (Å²) < 4.78 is 0.520. The molecule has 0 radical (unpaired) electrons. The summed E-state index contributed by atoms with van der Waals surface area (Å²) in [6.07, 6.45) is 0. The Morgan fingerprint density at radius 2 is 1.82 bits per heavy atom. The van der Waals surface area contributed by atoms with E-state index < -0.39 is 0 Å². The summed E-state index contributed by atoms with van der Waals surface area (Å²) >= 11 is 8.14. The second-order valence-electron chi connectivity index (χ2n) is 5.20. The van der Waals surface area contributed by atoms with Crippen molar-refractivity contribution in [2.75, 3.05) is 5.75 Å². The summed E-state index contributed by atoms with van der Waals surface area (Å²) in [6.45, 7) is 6.75. The Bertz CT molecular complexity index is 412. The number of hydrogen-bond donors (Lipinski definition) is 1. The van der Waals surface area contributed by atoms with Crippen LogP contribution in [0, 0.1) is 0 Å². The van der Waals surface area contributed by atoms with Gasteiger partial charge in [0.05, 0.1) is 4.58 Å². The van der Waals surface area contributed by atoms with Crippen molar-refractivity contribution in [2.45, 2.75) is 30.8 Å². The van der Waals surface area contributed by atoms with Gasteiger partial charge in [-0.15, -0.1) is 23.5 Å². The monoisotopic (exact) mass is 282 g/mol. The van der Waals surface area contributed by atoms with Crippen LogP contribution in [-0.4, -0.2) is 5.75 Å². The van der Waals surface area contributed by atoms with Crippen LogP contribution in [0.25, 0.3) is 0 Å². The molecule has 1 aliphatic rings. The fourth-order valence-corrected chi connectivity index (χ4v) is 4.59. The molecule has 1 unspecified atom stereocenters. The van der Waals surface area contributed by atoms with Crippen molar-refractivity contribution >= 4 is 36.2 Å². The molecule has 1 aromatic rings. The number of thioether (sulfide) groups is 2. The average Bonchev–Trinajstić information content (AvgIpc) is 2.76. The van der Waals surface area contributed by atoms with Gasteiger partial charge in [-0.2, -0.15) is 12.6 Å². The molecule has 1 aliphatic heterocycles. The highest BCUT2D eigenvalue weighted by Crippen LogP contribution is 2.50. The van der Waals surface area contributed by atoms with Gasteiger partial charge in [0.15, 0.2) is 0 Å². The van der Waals surface area contributed by atoms with Crippen molar-refractivity contribution in [1.82, 2.24) is 0 Å². The molecule has 1 aromatic carbocycles. The number of thiol groups is 1. The van der Waals surface area contributed by atoms with Crippen LogP contribution in [0.3, 0.4) is 0 Å². The Morgan fingerprint density at radius 1 is 1.18 bits per heavy atom. The second-order valence-corrected chi connectivity index (χ2v) is 8.03. The minimum absolute atomic E-state index is 0.239. The van der Waals surface area contributed by atoms with Crippen LogP contribution in [0.2, 0.25) is 0 Å². The molecule has 2 rings (SSSR count). The van der Waals surface area contributed by atoms with Gasteiger partial charge in [-0.3, -0.25) is 0 Å². The van der Waals surface area contributed by atoms with Gasteiger partial charge < -0.3 is 0 Å². The lowest BCUT2D eigenvalue weighted by atomic mass is 9.87. The van der Waals surface area contributed by atoms with Crippen molar-refractivity contribution in [2.24, 2.45) is 0 Å². The van der Waals surface area contributed by atoms with Gasteiger partial charge in [-0.05, 0) is 21.9 Å². The Balaban J connectivity index is 2.10. The lowest BCUT2D eigenvalue weighted by molar-refractivity contribution is 0.590. The molecule has 1 atom stereocenters. The molecule has 92 valence electrons. The predicted octanol–water partition coefficient (Wildman–Crippen LogP) is 5.23. The molecule has 0 amide bonds. The van der Waals surface area contributed by atoms with E-state index in [9.17, 15) is 0 Å². The van der Waals surface area contributed by atoms with E-state index in [0.29, 0.717) is 4.58 Å². The summed E-state index contributed by atoms with van der Waals surface area (Å²) in [7, 11) is 0.